The fourth-order valence-corrected chi connectivity index (χ4v) is 5.82. The summed E-state index contributed by atoms with van der Waals surface area (Å²) in [6, 6.07) is 10.7. The monoisotopic (exact) mass is 455 g/mol. The highest BCUT2D eigenvalue weighted by Crippen LogP contribution is 2.43. The lowest BCUT2D eigenvalue weighted by molar-refractivity contribution is 0.134. The minimum Gasteiger partial charge on any atom is -0.493 e. The van der Waals surface area contributed by atoms with Crippen molar-refractivity contribution in [2.45, 2.75) is 51.2 Å². The molecule has 1 unspecified atom stereocenters. The Hall–Kier alpha value is -2.44. The van der Waals surface area contributed by atoms with Crippen LogP contribution in [0.15, 0.2) is 35.1 Å². The first kappa shape index (κ1) is 21.4. The topological polar surface area (TPSA) is 48.6 Å². The summed E-state index contributed by atoms with van der Waals surface area (Å²) in [5, 5.41) is 0.665. The van der Waals surface area contributed by atoms with E-state index in [0.717, 1.165) is 61.3 Å². The van der Waals surface area contributed by atoms with Crippen LogP contribution in [0.3, 0.4) is 0 Å². The molecule has 2 aromatic carbocycles. The number of hydrogen-bond acceptors (Lipinski definition) is 4. The number of benzene rings is 2. The summed E-state index contributed by atoms with van der Waals surface area (Å²) in [7, 11) is 3.38. The second kappa shape index (κ2) is 8.49. The molecule has 0 radical (unpaired) electrons. The minimum atomic E-state index is 0.0752. The van der Waals surface area contributed by atoms with Crippen molar-refractivity contribution in [1.82, 2.24) is 14.0 Å². The van der Waals surface area contributed by atoms with Crippen molar-refractivity contribution in [1.29, 1.82) is 0 Å². The van der Waals surface area contributed by atoms with Crippen LogP contribution in [0.1, 0.15) is 49.4 Å². The molecule has 5 rings (SSSR count). The van der Waals surface area contributed by atoms with Gasteiger partial charge in [0.25, 0.3) is 0 Å². The fourth-order valence-electron chi connectivity index (χ4n) is 5.66. The predicted molar refractivity (Wildman–Crippen MR) is 127 cm³/mol. The SMILES string of the molecule is CCn1c(=O)n(C2CCN(C3CCc4cc(OC)c(OC)cc43)CC2)c2ccc(Cl)cc21. The molecule has 1 aromatic heterocycles. The third-order valence-corrected chi connectivity index (χ3v) is 7.47. The van der Waals surface area contributed by atoms with E-state index in [1.807, 2.05) is 34.3 Å². The smallest absolute Gasteiger partial charge is 0.329 e. The molecule has 1 saturated heterocycles. The van der Waals surface area contributed by atoms with Gasteiger partial charge in [-0.25, -0.2) is 4.79 Å². The van der Waals surface area contributed by atoms with Gasteiger partial charge in [0, 0.05) is 36.7 Å². The maximum atomic E-state index is 13.2. The number of rotatable bonds is 5. The quantitative estimate of drug-likeness (QED) is 0.553. The van der Waals surface area contributed by atoms with E-state index in [4.69, 9.17) is 21.1 Å². The number of imidazole rings is 1. The van der Waals surface area contributed by atoms with Crippen LogP contribution in [0, 0.1) is 0 Å². The maximum Gasteiger partial charge on any atom is 0.329 e. The van der Waals surface area contributed by atoms with Crippen LogP contribution in [0.4, 0.5) is 0 Å². The van der Waals surface area contributed by atoms with Crippen molar-refractivity contribution in [2.75, 3.05) is 27.3 Å². The Morgan fingerprint density at radius 1 is 1.00 bits per heavy atom. The zero-order valence-electron chi connectivity index (χ0n) is 18.9. The van der Waals surface area contributed by atoms with Gasteiger partial charge in [0.2, 0.25) is 0 Å². The Kier molecular flexibility index (Phi) is 5.68. The highest BCUT2D eigenvalue weighted by Gasteiger charge is 2.33. The van der Waals surface area contributed by atoms with Crippen molar-refractivity contribution in [3.05, 3.63) is 57.0 Å². The van der Waals surface area contributed by atoms with Crippen molar-refractivity contribution in [3.63, 3.8) is 0 Å². The van der Waals surface area contributed by atoms with Crippen LogP contribution >= 0.6 is 11.6 Å². The number of nitrogens with zero attached hydrogens (tertiary/aromatic N) is 3. The number of methoxy groups -OCH3 is 2. The average Bonchev–Trinajstić information content (AvgIpc) is 3.35. The summed E-state index contributed by atoms with van der Waals surface area (Å²) in [5.41, 5.74) is 4.71. The highest BCUT2D eigenvalue weighted by atomic mass is 35.5. The molecule has 170 valence electrons. The summed E-state index contributed by atoms with van der Waals surface area (Å²) < 4.78 is 14.9. The predicted octanol–water partition coefficient (Wildman–Crippen LogP) is 4.82. The number of ether oxygens (including phenoxy) is 2. The van der Waals surface area contributed by atoms with Crippen molar-refractivity contribution >= 4 is 22.6 Å². The van der Waals surface area contributed by atoms with Gasteiger partial charge < -0.3 is 9.47 Å². The van der Waals surface area contributed by atoms with Crippen molar-refractivity contribution in [3.8, 4) is 11.5 Å². The van der Waals surface area contributed by atoms with Gasteiger partial charge in [0.15, 0.2) is 11.5 Å². The first-order chi connectivity index (χ1) is 15.5. The van der Waals surface area contributed by atoms with Crippen LogP contribution in [-0.2, 0) is 13.0 Å². The highest BCUT2D eigenvalue weighted by molar-refractivity contribution is 6.31. The van der Waals surface area contributed by atoms with E-state index < -0.39 is 0 Å². The molecule has 7 heteroatoms. The van der Waals surface area contributed by atoms with E-state index in [2.05, 4.69) is 17.0 Å². The lowest BCUT2D eigenvalue weighted by Crippen LogP contribution is -2.39. The molecule has 0 amide bonds. The van der Waals surface area contributed by atoms with E-state index in [1.165, 1.54) is 11.1 Å². The summed E-state index contributed by atoms with van der Waals surface area (Å²) in [6.07, 6.45) is 4.10. The summed E-state index contributed by atoms with van der Waals surface area (Å²) in [4.78, 5) is 15.8. The molecule has 1 atom stereocenters. The van der Waals surface area contributed by atoms with E-state index in [1.54, 1.807) is 14.2 Å². The average molecular weight is 456 g/mol. The number of likely N-dealkylation sites (tertiary alicyclic amines) is 1. The first-order valence-corrected chi connectivity index (χ1v) is 11.8. The summed E-state index contributed by atoms with van der Waals surface area (Å²) >= 11 is 6.22. The van der Waals surface area contributed by atoms with Gasteiger partial charge in [-0.05, 0) is 74.1 Å². The normalized spacial score (nSPS) is 19.4. The van der Waals surface area contributed by atoms with Crippen LogP contribution in [0.2, 0.25) is 5.02 Å². The van der Waals surface area contributed by atoms with Gasteiger partial charge in [0.05, 0.1) is 25.3 Å². The van der Waals surface area contributed by atoms with Crippen molar-refractivity contribution in [2.24, 2.45) is 0 Å². The largest absolute Gasteiger partial charge is 0.493 e. The molecular weight excluding hydrogens is 426 g/mol. The molecule has 1 aliphatic heterocycles. The Morgan fingerprint density at radius 3 is 2.41 bits per heavy atom. The van der Waals surface area contributed by atoms with E-state index in [0.29, 0.717) is 17.6 Å². The molecule has 0 saturated carbocycles. The molecular formula is C25H30ClN3O3. The summed E-state index contributed by atoms with van der Waals surface area (Å²) in [5.74, 6) is 1.60. The van der Waals surface area contributed by atoms with Crippen molar-refractivity contribution < 1.29 is 9.47 Å². The fraction of sp³-hybridized carbons (Fsp3) is 0.480. The van der Waals surface area contributed by atoms with Gasteiger partial charge in [-0.15, -0.1) is 0 Å². The van der Waals surface area contributed by atoms with Gasteiger partial charge in [-0.2, -0.15) is 0 Å². The molecule has 3 aromatic rings. The third kappa shape index (κ3) is 3.41. The van der Waals surface area contributed by atoms with E-state index in [9.17, 15) is 4.79 Å². The molecule has 1 aliphatic carbocycles. The molecule has 6 nitrogen and oxygen atoms in total. The van der Waals surface area contributed by atoms with Gasteiger partial charge >= 0.3 is 5.69 Å². The van der Waals surface area contributed by atoms with E-state index in [-0.39, 0.29) is 11.7 Å². The molecule has 0 spiro atoms. The number of halogens is 1. The van der Waals surface area contributed by atoms with Crippen LogP contribution in [0.5, 0.6) is 11.5 Å². The molecule has 0 bridgehead atoms. The van der Waals surface area contributed by atoms with Gasteiger partial charge in [-0.1, -0.05) is 11.6 Å². The Bertz CT molecular complexity index is 1210. The Balaban J connectivity index is 1.39. The van der Waals surface area contributed by atoms with Crippen LogP contribution < -0.4 is 15.2 Å². The number of piperidine rings is 1. The Labute approximate surface area is 193 Å². The second-order valence-electron chi connectivity index (χ2n) is 8.76. The molecule has 0 N–H and O–H groups in total. The first-order valence-electron chi connectivity index (χ1n) is 11.4. The molecule has 2 heterocycles. The Morgan fingerprint density at radius 2 is 1.72 bits per heavy atom. The standard InChI is InChI=1S/C25H30ClN3O3/c1-4-28-22-14-17(26)6-8-21(22)29(25(28)30)18-9-11-27(12-10-18)20-7-5-16-13-23(31-2)24(32-3)15-19(16)20/h6,8,13-15,18,20H,4-5,7,9-12H2,1-3H3. The lowest BCUT2D eigenvalue weighted by Gasteiger charge is -2.37. The number of aryl methyl sites for hydroxylation is 2. The van der Waals surface area contributed by atoms with Gasteiger partial charge in [-0.3, -0.25) is 14.0 Å². The number of fused-ring (bicyclic) bond motifs is 2. The van der Waals surface area contributed by atoms with E-state index >= 15 is 0 Å². The number of hydrogen-bond donors (Lipinski definition) is 0. The molecule has 1 fully saturated rings. The second-order valence-corrected chi connectivity index (χ2v) is 9.19. The maximum absolute atomic E-state index is 13.2. The lowest BCUT2D eigenvalue weighted by atomic mass is 9.99. The van der Waals surface area contributed by atoms with Crippen LogP contribution in [0.25, 0.3) is 11.0 Å². The minimum absolute atomic E-state index is 0.0752. The van der Waals surface area contributed by atoms with Crippen LogP contribution in [-0.4, -0.2) is 41.3 Å². The zero-order valence-corrected chi connectivity index (χ0v) is 19.7. The molecule has 32 heavy (non-hydrogen) atoms. The number of aromatic nitrogens is 2. The third-order valence-electron chi connectivity index (χ3n) is 7.24. The summed E-state index contributed by atoms with van der Waals surface area (Å²) in [6.45, 7) is 4.60. The zero-order chi connectivity index (χ0) is 22.4. The molecule has 2 aliphatic rings. The van der Waals surface area contributed by atoms with Gasteiger partial charge in [0.1, 0.15) is 0 Å².